The highest BCUT2D eigenvalue weighted by atomic mass is 32.1. The number of hydrogen-bond donors (Lipinski definition) is 0. The van der Waals surface area contributed by atoms with Crippen molar-refractivity contribution in [1.82, 2.24) is 0 Å². The van der Waals surface area contributed by atoms with Crippen LogP contribution in [0.3, 0.4) is 0 Å². The van der Waals surface area contributed by atoms with Crippen molar-refractivity contribution < 1.29 is 38.2 Å². The van der Waals surface area contributed by atoms with E-state index < -0.39 is 46.3 Å². The summed E-state index contributed by atoms with van der Waals surface area (Å²) in [5.74, 6) is -4.82. The Morgan fingerprint density at radius 2 is 0.812 bits per heavy atom. The molecule has 252 valence electrons. The van der Waals surface area contributed by atoms with Crippen molar-refractivity contribution >= 4 is 80.4 Å². The Morgan fingerprint density at radius 3 is 1.04 bits per heavy atom. The fraction of sp³-hybridized carbons (Fsp3) is 0.333. The Hall–Kier alpha value is -3.84. The molecule has 0 aliphatic rings. The Balaban J connectivity index is 1.66. The fourth-order valence-corrected chi connectivity index (χ4v) is 8.10. The van der Waals surface area contributed by atoms with Gasteiger partial charge in [0.25, 0.3) is 0 Å². The summed E-state index contributed by atoms with van der Waals surface area (Å²) in [7, 11) is 0. The van der Waals surface area contributed by atoms with Gasteiger partial charge in [-0.2, -0.15) is 0 Å². The molecule has 0 amide bonds. The average Bonchev–Trinajstić information content (AvgIpc) is 3.93. The van der Waals surface area contributed by atoms with Gasteiger partial charge < -0.3 is 9.47 Å². The third-order valence-electron chi connectivity index (χ3n) is 7.62. The molecule has 12 heteroatoms. The predicted molar refractivity (Wildman–Crippen MR) is 190 cm³/mol. The van der Waals surface area contributed by atoms with Crippen molar-refractivity contribution in [1.29, 1.82) is 0 Å². The van der Waals surface area contributed by atoms with Gasteiger partial charge in [-0.25, -0.2) is 9.59 Å². The summed E-state index contributed by atoms with van der Waals surface area (Å²) in [6.45, 7) is 3.94. The van der Waals surface area contributed by atoms with Crippen LogP contribution in [0.5, 0.6) is 0 Å². The molecule has 4 heterocycles. The lowest BCUT2D eigenvalue weighted by Crippen LogP contribution is -2.50. The first-order valence-electron chi connectivity index (χ1n) is 15.7. The lowest BCUT2D eigenvalue weighted by Gasteiger charge is -2.30. The van der Waals surface area contributed by atoms with Crippen LogP contribution in [0, 0.1) is 0 Å². The number of unbranched alkanes of at least 4 members (excludes halogenated alkanes) is 4. The molecular formula is C36H36O8S4. The number of ketones is 4. The van der Waals surface area contributed by atoms with Gasteiger partial charge in [-0.05, 0) is 58.6 Å². The summed E-state index contributed by atoms with van der Waals surface area (Å²) in [5, 5.41) is 6.77. The van der Waals surface area contributed by atoms with Crippen LogP contribution in [0.1, 0.15) is 104 Å². The van der Waals surface area contributed by atoms with Gasteiger partial charge in [0.2, 0.25) is 34.3 Å². The standard InChI is InChI=1S/C36H36O8S4/c1-3-5-7-19-35(31(39)25-13-9-21-45-25,32(40)26-14-10-22-46-26)43-29(37)17-18-30(38)44-36(20-8-6-4-2,33(41)27-15-11-23-47-27)34(42)28-16-12-24-48-28/h9-18,21-24H,3-8,19-20H2,1-2H3/b18-17-. The van der Waals surface area contributed by atoms with Crippen LogP contribution in [0.4, 0.5) is 0 Å². The van der Waals surface area contributed by atoms with Crippen LogP contribution >= 0.6 is 45.3 Å². The summed E-state index contributed by atoms with van der Waals surface area (Å²) in [4.78, 5) is 83.6. The summed E-state index contributed by atoms with van der Waals surface area (Å²) in [6.07, 6.45) is 5.26. The third-order valence-corrected chi connectivity index (χ3v) is 11.1. The second-order valence-electron chi connectivity index (χ2n) is 11.0. The van der Waals surface area contributed by atoms with E-state index in [2.05, 4.69) is 0 Å². The van der Waals surface area contributed by atoms with Crippen molar-refractivity contribution in [2.24, 2.45) is 0 Å². The molecule has 8 nitrogen and oxygen atoms in total. The van der Waals surface area contributed by atoms with E-state index in [0.29, 0.717) is 25.7 Å². The van der Waals surface area contributed by atoms with Gasteiger partial charge in [-0.1, -0.05) is 63.8 Å². The molecule has 0 spiro atoms. The maximum Gasteiger partial charge on any atom is 0.332 e. The van der Waals surface area contributed by atoms with E-state index in [1.165, 1.54) is 0 Å². The van der Waals surface area contributed by atoms with Gasteiger partial charge in [0.1, 0.15) is 0 Å². The highest BCUT2D eigenvalue weighted by Gasteiger charge is 2.51. The molecule has 0 saturated heterocycles. The fourth-order valence-electron chi connectivity index (χ4n) is 5.17. The number of Topliss-reactive ketones (excluding diaryl/α,β-unsaturated/α-hetero) is 4. The van der Waals surface area contributed by atoms with Gasteiger partial charge in [-0.3, -0.25) is 19.2 Å². The predicted octanol–water partition coefficient (Wildman–Crippen LogP) is 9.04. The summed E-state index contributed by atoms with van der Waals surface area (Å²) >= 11 is 4.52. The van der Waals surface area contributed by atoms with Crippen LogP contribution in [-0.2, 0) is 19.1 Å². The Bertz CT molecular complexity index is 1480. The van der Waals surface area contributed by atoms with Crippen LogP contribution < -0.4 is 0 Å². The van der Waals surface area contributed by atoms with Crippen molar-refractivity contribution in [2.45, 2.75) is 76.4 Å². The number of carbonyl (C=O) groups excluding carboxylic acids is 6. The van der Waals surface area contributed by atoms with Crippen LogP contribution in [0.2, 0.25) is 0 Å². The molecule has 0 radical (unpaired) electrons. The third kappa shape index (κ3) is 8.59. The second kappa shape index (κ2) is 17.5. The van der Waals surface area contributed by atoms with E-state index in [9.17, 15) is 28.8 Å². The zero-order chi connectivity index (χ0) is 34.6. The minimum absolute atomic E-state index is 0.0521. The van der Waals surface area contributed by atoms with Crippen molar-refractivity contribution in [3.63, 3.8) is 0 Å². The zero-order valence-corrected chi connectivity index (χ0v) is 29.9. The first-order valence-corrected chi connectivity index (χ1v) is 19.2. The van der Waals surface area contributed by atoms with Gasteiger partial charge in [-0.15, -0.1) is 45.3 Å². The number of carbonyl (C=O) groups is 6. The highest BCUT2D eigenvalue weighted by Crippen LogP contribution is 2.34. The largest absolute Gasteiger partial charge is 0.439 e. The van der Waals surface area contributed by atoms with Crippen molar-refractivity contribution in [3.05, 3.63) is 102 Å². The summed E-state index contributed by atoms with van der Waals surface area (Å²) in [5.41, 5.74) is -4.32. The Morgan fingerprint density at radius 1 is 0.521 bits per heavy atom. The van der Waals surface area contributed by atoms with Crippen molar-refractivity contribution in [3.8, 4) is 0 Å². The van der Waals surface area contributed by atoms with Gasteiger partial charge in [0, 0.05) is 25.0 Å². The molecular weight excluding hydrogens is 689 g/mol. The van der Waals surface area contributed by atoms with Gasteiger partial charge in [0.15, 0.2) is 0 Å². The van der Waals surface area contributed by atoms with E-state index in [0.717, 1.165) is 70.3 Å². The normalized spacial score (nSPS) is 11.8. The van der Waals surface area contributed by atoms with Crippen LogP contribution in [-0.4, -0.2) is 46.3 Å². The first kappa shape index (κ1) is 37.0. The molecule has 0 aromatic carbocycles. The highest BCUT2D eigenvalue weighted by molar-refractivity contribution is 7.13. The molecule has 0 aliphatic carbocycles. The van der Waals surface area contributed by atoms with E-state index in [-0.39, 0.29) is 32.4 Å². The Labute approximate surface area is 295 Å². The summed E-state index contributed by atoms with van der Waals surface area (Å²) in [6, 6.07) is 13.0. The molecule has 0 bridgehead atoms. The first-order chi connectivity index (χ1) is 23.2. The molecule has 0 N–H and O–H groups in total. The lowest BCUT2D eigenvalue weighted by atomic mass is 9.85. The quantitative estimate of drug-likeness (QED) is 0.0291. The Kier molecular flexibility index (Phi) is 13.5. The molecule has 48 heavy (non-hydrogen) atoms. The molecule has 0 saturated carbocycles. The van der Waals surface area contributed by atoms with Gasteiger partial charge >= 0.3 is 11.9 Å². The molecule has 0 unspecified atom stereocenters. The summed E-state index contributed by atoms with van der Waals surface area (Å²) < 4.78 is 11.6. The molecule has 0 atom stereocenters. The second-order valence-corrected chi connectivity index (χ2v) is 14.8. The number of rotatable bonds is 20. The molecule has 4 rings (SSSR count). The topological polar surface area (TPSA) is 121 Å². The number of hydrogen-bond acceptors (Lipinski definition) is 12. The number of esters is 2. The minimum Gasteiger partial charge on any atom is -0.439 e. The van der Waals surface area contributed by atoms with E-state index in [1.54, 1.807) is 70.1 Å². The van der Waals surface area contributed by atoms with Gasteiger partial charge in [0.05, 0.1) is 19.5 Å². The van der Waals surface area contributed by atoms with E-state index in [1.807, 2.05) is 13.8 Å². The number of ether oxygens (including phenoxy) is 2. The average molecular weight is 725 g/mol. The molecule has 0 aliphatic heterocycles. The lowest BCUT2D eigenvalue weighted by molar-refractivity contribution is -0.149. The van der Waals surface area contributed by atoms with Crippen LogP contribution in [0.15, 0.2) is 82.2 Å². The smallest absolute Gasteiger partial charge is 0.332 e. The molecule has 4 aromatic rings. The van der Waals surface area contributed by atoms with Crippen LogP contribution in [0.25, 0.3) is 0 Å². The molecule has 4 aromatic heterocycles. The molecule has 0 fully saturated rings. The SMILES string of the molecule is CCCCCC(OC(=O)/C=C\C(=O)OC(CCCCC)(C(=O)c1cccs1)C(=O)c1cccs1)(C(=O)c1cccs1)C(=O)c1cccs1. The monoisotopic (exact) mass is 724 g/mol. The minimum atomic E-state index is -2.16. The maximum absolute atomic E-state index is 13.9. The zero-order valence-electron chi connectivity index (χ0n) is 26.6. The van der Waals surface area contributed by atoms with Crippen molar-refractivity contribution in [2.75, 3.05) is 0 Å². The van der Waals surface area contributed by atoms with E-state index in [4.69, 9.17) is 9.47 Å². The van der Waals surface area contributed by atoms with E-state index >= 15 is 0 Å². The maximum atomic E-state index is 13.9. The number of thiophene rings is 4.